The zero-order valence-electron chi connectivity index (χ0n) is 14.7. The fourth-order valence-corrected chi connectivity index (χ4v) is 4.11. The van der Waals surface area contributed by atoms with Gasteiger partial charge in [0.25, 0.3) is 0 Å². The minimum Gasteiger partial charge on any atom is -0.453 e. The van der Waals surface area contributed by atoms with Crippen LogP contribution in [-0.4, -0.2) is 12.1 Å². The second kappa shape index (κ2) is 6.87. The zero-order chi connectivity index (χ0) is 17.2. The van der Waals surface area contributed by atoms with Crippen molar-refractivity contribution in [3.8, 4) is 0 Å². The molecule has 1 saturated heterocycles. The van der Waals surface area contributed by atoms with E-state index in [-0.39, 0.29) is 12.1 Å². The molecule has 25 heavy (non-hydrogen) atoms. The number of esters is 1. The molecular weight excluding hydrogens is 308 g/mol. The average molecular weight is 332 g/mol. The highest BCUT2D eigenvalue weighted by atomic mass is 16.6. The van der Waals surface area contributed by atoms with E-state index in [0.29, 0.717) is 5.92 Å². The summed E-state index contributed by atoms with van der Waals surface area (Å²) in [6.45, 7) is 2.08. The molecule has 0 N–H and O–H groups in total. The van der Waals surface area contributed by atoms with Crippen LogP contribution in [0.2, 0.25) is 0 Å². The van der Waals surface area contributed by atoms with Crippen LogP contribution >= 0.6 is 0 Å². The van der Waals surface area contributed by atoms with Crippen molar-refractivity contribution >= 4 is 11.5 Å². The molecule has 1 saturated carbocycles. The minimum absolute atomic E-state index is 0.0377. The number of aryl methyl sites for hydroxylation is 1. The van der Waals surface area contributed by atoms with E-state index in [0.717, 1.165) is 35.1 Å². The molecule has 2 aromatic carbocycles. The minimum atomic E-state index is -0.144. The van der Waals surface area contributed by atoms with E-state index in [1.807, 2.05) is 18.2 Å². The van der Waals surface area contributed by atoms with Gasteiger partial charge in [0.15, 0.2) is 0 Å². The Morgan fingerprint density at radius 2 is 1.52 bits per heavy atom. The number of benzene rings is 2. The molecule has 0 aromatic heterocycles. The summed E-state index contributed by atoms with van der Waals surface area (Å²) >= 11 is 0. The van der Waals surface area contributed by atoms with Crippen molar-refractivity contribution in [2.75, 3.05) is 0 Å². The number of carbonyl (C=O) groups is 1. The third kappa shape index (κ3) is 3.13. The van der Waals surface area contributed by atoms with Crippen LogP contribution in [0.25, 0.3) is 5.57 Å². The third-order valence-electron chi connectivity index (χ3n) is 5.49. The summed E-state index contributed by atoms with van der Waals surface area (Å²) in [5.41, 5.74) is 5.35. The van der Waals surface area contributed by atoms with Crippen molar-refractivity contribution < 1.29 is 9.53 Å². The Hall–Kier alpha value is -2.35. The van der Waals surface area contributed by atoms with E-state index in [1.165, 1.54) is 24.8 Å². The largest absolute Gasteiger partial charge is 0.453 e. The first-order valence-electron chi connectivity index (χ1n) is 9.31. The Bertz CT molecular complexity index is 781. The van der Waals surface area contributed by atoms with Gasteiger partial charge in [-0.1, -0.05) is 79.4 Å². The van der Waals surface area contributed by atoms with Crippen LogP contribution in [0.3, 0.4) is 0 Å². The quantitative estimate of drug-likeness (QED) is 0.563. The molecule has 2 aliphatic rings. The van der Waals surface area contributed by atoms with Gasteiger partial charge in [0.1, 0.15) is 6.10 Å². The Balaban J connectivity index is 1.82. The van der Waals surface area contributed by atoms with Crippen molar-refractivity contribution in [1.29, 1.82) is 0 Å². The van der Waals surface area contributed by atoms with Crippen molar-refractivity contribution in [2.45, 2.75) is 45.1 Å². The summed E-state index contributed by atoms with van der Waals surface area (Å²) in [6, 6.07) is 18.7. The first-order chi connectivity index (χ1) is 12.2. The molecule has 0 radical (unpaired) electrons. The lowest BCUT2D eigenvalue weighted by Crippen LogP contribution is -2.43. The van der Waals surface area contributed by atoms with E-state index >= 15 is 0 Å². The van der Waals surface area contributed by atoms with Crippen LogP contribution in [0.15, 0.2) is 60.2 Å². The monoisotopic (exact) mass is 332 g/mol. The lowest BCUT2D eigenvalue weighted by molar-refractivity contribution is -0.160. The lowest BCUT2D eigenvalue weighted by Gasteiger charge is -2.39. The molecule has 1 unspecified atom stereocenters. The van der Waals surface area contributed by atoms with Crippen molar-refractivity contribution in [3.63, 3.8) is 0 Å². The Kier molecular flexibility index (Phi) is 4.44. The van der Waals surface area contributed by atoms with Crippen molar-refractivity contribution in [3.05, 3.63) is 76.9 Å². The van der Waals surface area contributed by atoms with Gasteiger partial charge in [-0.25, -0.2) is 4.79 Å². The third-order valence-corrected chi connectivity index (χ3v) is 5.49. The lowest BCUT2D eigenvalue weighted by atomic mass is 9.77. The Labute approximate surface area is 149 Å². The van der Waals surface area contributed by atoms with Gasteiger partial charge in [-0.15, -0.1) is 0 Å². The highest BCUT2D eigenvalue weighted by Gasteiger charge is 2.44. The highest BCUT2D eigenvalue weighted by Crippen LogP contribution is 2.42. The maximum atomic E-state index is 12.5. The highest BCUT2D eigenvalue weighted by molar-refractivity contribution is 6.07. The number of cyclic esters (lactones) is 1. The maximum Gasteiger partial charge on any atom is 0.339 e. The molecular formula is C23H24O2. The van der Waals surface area contributed by atoms with Gasteiger partial charge in [-0.3, -0.25) is 0 Å². The molecule has 2 heteroatoms. The van der Waals surface area contributed by atoms with Gasteiger partial charge >= 0.3 is 5.97 Å². The summed E-state index contributed by atoms with van der Waals surface area (Å²) in [6.07, 6.45) is 6.09. The normalized spacial score (nSPS) is 22.9. The van der Waals surface area contributed by atoms with Crippen LogP contribution in [0.5, 0.6) is 0 Å². The summed E-state index contributed by atoms with van der Waals surface area (Å²) in [4.78, 5) is 12.5. The molecule has 4 rings (SSSR count). The second-order valence-corrected chi connectivity index (χ2v) is 7.24. The van der Waals surface area contributed by atoms with Gasteiger partial charge in [-0.05, 0) is 30.9 Å². The van der Waals surface area contributed by atoms with Gasteiger partial charge in [0.2, 0.25) is 0 Å². The molecule has 128 valence electrons. The van der Waals surface area contributed by atoms with Crippen LogP contribution in [0, 0.1) is 12.8 Å². The molecule has 1 heterocycles. The van der Waals surface area contributed by atoms with Crippen LogP contribution in [-0.2, 0) is 9.53 Å². The molecule has 0 spiro atoms. The Morgan fingerprint density at radius 1 is 0.880 bits per heavy atom. The number of hydrogen-bond acceptors (Lipinski definition) is 2. The Morgan fingerprint density at radius 3 is 2.16 bits per heavy atom. The molecule has 0 amide bonds. The molecule has 2 nitrogen and oxygen atoms in total. The van der Waals surface area contributed by atoms with Crippen LogP contribution in [0.1, 0.15) is 48.8 Å². The predicted octanol–water partition coefficient (Wildman–Crippen LogP) is 5.30. The molecule has 1 atom stereocenters. The van der Waals surface area contributed by atoms with Crippen molar-refractivity contribution in [2.24, 2.45) is 5.92 Å². The van der Waals surface area contributed by atoms with E-state index in [1.54, 1.807) is 0 Å². The van der Waals surface area contributed by atoms with Gasteiger partial charge in [0.05, 0.1) is 5.57 Å². The molecule has 2 aromatic rings. The zero-order valence-corrected chi connectivity index (χ0v) is 14.7. The standard InChI is InChI=1S/C23H24O2/c1-16-12-14-18(15-13-16)20(17-8-4-2-5-9-17)21-22(25-23(21)24)19-10-6-3-7-11-19/h2,4-5,8-9,12-15,19,22H,3,6-7,10-11H2,1H3/b21-20-. The van der Waals surface area contributed by atoms with Gasteiger partial charge in [-0.2, -0.15) is 0 Å². The topological polar surface area (TPSA) is 26.3 Å². The number of hydrogen-bond donors (Lipinski definition) is 0. The van der Waals surface area contributed by atoms with E-state index in [9.17, 15) is 4.79 Å². The van der Waals surface area contributed by atoms with E-state index < -0.39 is 0 Å². The molecule has 1 aliphatic carbocycles. The fraction of sp³-hybridized carbons (Fsp3) is 0.348. The second-order valence-electron chi connectivity index (χ2n) is 7.24. The van der Waals surface area contributed by atoms with Crippen LogP contribution in [0.4, 0.5) is 0 Å². The smallest absolute Gasteiger partial charge is 0.339 e. The van der Waals surface area contributed by atoms with Crippen LogP contribution < -0.4 is 0 Å². The molecule has 0 bridgehead atoms. The van der Waals surface area contributed by atoms with E-state index in [4.69, 9.17) is 4.74 Å². The average Bonchev–Trinajstić information content (AvgIpc) is 2.66. The number of carbonyl (C=O) groups excluding carboxylic acids is 1. The maximum absolute atomic E-state index is 12.5. The van der Waals surface area contributed by atoms with Gasteiger partial charge < -0.3 is 4.74 Å². The van der Waals surface area contributed by atoms with E-state index in [2.05, 4.69) is 43.3 Å². The predicted molar refractivity (Wildman–Crippen MR) is 100 cm³/mol. The molecule has 1 aliphatic heterocycles. The van der Waals surface area contributed by atoms with Crippen molar-refractivity contribution in [1.82, 2.24) is 0 Å². The summed E-state index contributed by atoms with van der Waals surface area (Å²) in [5.74, 6) is 0.334. The number of ether oxygens (including phenoxy) is 1. The summed E-state index contributed by atoms with van der Waals surface area (Å²) in [5, 5.41) is 0. The molecule has 2 fully saturated rings. The first-order valence-corrected chi connectivity index (χ1v) is 9.31. The number of rotatable bonds is 3. The SMILES string of the molecule is Cc1ccc(/C(=C2\C(=O)OC2C2CCCCC2)c2ccccc2)cc1. The summed E-state index contributed by atoms with van der Waals surface area (Å²) in [7, 11) is 0. The first kappa shape index (κ1) is 16.1. The fourth-order valence-electron chi connectivity index (χ4n) is 4.11. The van der Waals surface area contributed by atoms with Gasteiger partial charge in [0, 0.05) is 11.5 Å². The summed E-state index contributed by atoms with van der Waals surface area (Å²) < 4.78 is 5.64.